The number of phenolic OH excluding ortho intramolecular Hbond substituents is 1. The summed E-state index contributed by atoms with van der Waals surface area (Å²) < 4.78 is 16.9. The molecule has 0 saturated heterocycles. The molecule has 0 spiro atoms. The maximum atomic E-state index is 13.4. The molecule has 2 N–H and O–H groups in total. The number of hydrogen-bond acceptors (Lipinski definition) is 3. The van der Waals surface area contributed by atoms with Crippen LogP contribution in [0, 0.1) is 12.7 Å². The van der Waals surface area contributed by atoms with Crippen molar-refractivity contribution in [1.29, 1.82) is 0 Å². The Labute approximate surface area is 144 Å². The molecule has 1 saturated carbocycles. The van der Waals surface area contributed by atoms with Crippen LogP contribution in [0.15, 0.2) is 23.0 Å². The fourth-order valence-electron chi connectivity index (χ4n) is 3.44. The highest BCUT2D eigenvalue weighted by molar-refractivity contribution is 6.04. The number of anilines is 1. The molecule has 134 valence electrons. The number of carbonyl (C=O) groups excluding carboxylic acids is 1. The van der Waals surface area contributed by atoms with E-state index in [9.17, 15) is 19.1 Å². The van der Waals surface area contributed by atoms with Crippen LogP contribution in [0.4, 0.5) is 10.1 Å². The van der Waals surface area contributed by atoms with Gasteiger partial charge in [-0.2, -0.15) is 0 Å². The summed E-state index contributed by atoms with van der Waals surface area (Å²) in [4.78, 5) is 25.2. The molecule has 7 heteroatoms. The largest absolute Gasteiger partial charge is 0.505 e. The standard InChI is InChI=1S/C18H22FN3O3/c1-11-16(20-17(24)12-8-9-15(23)14(19)10-12)18(25)22(21(11)2)13-6-4-3-5-7-13/h8-10,13,23H,3-7H2,1-2H3,(H,20,24). The average Bonchev–Trinajstić information content (AvgIpc) is 2.81. The molecule has 1 fully saturated rings. The first kappa shape index (κ1) is 17.3. The van der Waals surface area contributed by atoms with Gasteiger partial charge < -0.3 is 10.4 Å². The third-order valence-corrected chi connectivity index (χ3v) is 4.96. The topological polar surface area (TPSA) is 76.3 Å². The molecule has 1 amide bonds. The van der Waals surface area contributed by atoms with E-state index in [4.69, 9.17) is 0 Å². The zero-order valence-electron chi connectivity index (χ0n) is 14.4. The van der Waals surface area contributed by atoms with Gasteiger partial charge in [-0.25, -0.2) is 9.07 Å². The van der Waals surface area contributed by atoms with Crippen LogP contribution in [0.2, 0.25) is 0 Å². The van der Waals surface area contributed by atoms with Crippen molar-refractivity contribution in [2.45, 2.75) is 45.1 Å². The molecule has 1 aliphatic carbocycles. The second-order valence-electron chi connectivity index (χ2n) is 6.55. The fraction of sp³-hybridized carbons (Fsp3) is 0.444. The summed E-state index contributed by atoms with van der Waals surface area (Å²) in [6.07, 6.45) is 5.28. The summed E-state index contributed by atoms with van der Waals surface area (Å²) in [6, 6.07) is 3.51. The molecule has 0 aliphatic heterocycles. The second-order valence-corrected chi connectivity index (χ2v) is 6.55. The third kappa shape index (κ3) is 3.18. The number of benzene rings is 1. The molecule has 0 radical (unpaired) electrons. The Morgan fingerprint density at radius 1 is 1.28 bits per heavy atom. The Hall–Kier alpha value is -2.57. The molecule has 1 aromatic carbocycles. The number of aromatic hydroxyl groups is 1. The minimum atomic E-state index is -0.878. The predicted molar refractivity (Wildman–Crippen MR) is 92.6 cm³/mol. The summed E-state index contributed by atoms with van der Waals surface area (Å²) in [5, 5.41) is 11.8. The minimum Gasteiger partial charge on any atom is -0.505 e. The zero-order chi connectivity index (χ0) is 18.1. The Kier molecular flexibility index (Phi) is 4.65. The molecule has 3 rings (SSSR count). The van der Waals surface area contributed by atoms with Crippen molar-refractivity contribution in [1.82, 2.24) is 9.36 Å². The van der Waals surface area contributed by atoms with Crippen LogP contribution in [-0.2, 0) is 7.05 Å². The first-order chi connectivity index (χ1) is 11.9. The number of nitrogens with one attached hydrogen (secondary N) is 1. The normalized spacial score (nSPS) is 15.3. The van der Waals surface area contributed by atoms with Crippen LogP contribution in [0.3, 0.4) is 0 Å². The van der Waals surface area contributed by atoms with Crippen molar-refractivity contribution in [3.05, 3.63) is 45.6 Å². The van der Waals surface area contributed by atoms with E-state index in [0.717, 1.165) is 37.8 Å². The van der Waals surface area contributed by atoms with Gasteiger partial charge in [0, 0.05) is 12.6 Å². The van der Waals surface area contributed by atoms with Crippen LogP contribution in [-0.4, -0.2) is 20.4 Å². The Morgan fingerprint density at radius 3 is 2.60 bits per heavy atom. The number of amides is 1. The Balaban J connectivity index is 1.91. The van der Waals surface area contributed by atoms with E-state index >= 15 is 0 Å². The van der Waals surface area contributed by atoms with E-state index in [1.807, 2.05) is 0 Å². The minimum absolute atomic E-state index is 0.0437. The van der Waals surface area contributed by atoms with Gasteiger partial charge in [0.2, 0.25) is 0 Å². The summed E-state index contributed by atoms with van der Waals surface area (Å²) in [6.45, 7) is 1.77. The lowest BCUT2D eigenvalue weighted by Gasteiger charge is -2.24. The van der Waals surface area contributed by atoms with Gasteiger partial charge in [-0.3, -0.25) is 14.3 Å². The second kappa shape index (κ2) is 6.74. The van der Waals surface area contributed by atoms with Gasteiger partial charge in [-0.15, -0.1) is 0 Å². The lowest BCUT2D eigenvalue weighted by atomic mass is 9.96. The number of carbonyl (C=O) groups is 1. The first-order valence-electron chi connectivity index (χ1n) is 8.48. The Bertz CT molecular complexity index is 863. The molecule has 1 aromatic heterocycles. The smallest absolute Gasteiger partial charge is 0.291 e. The van der Waals surface area contributed by atoms with Crippen LogP contribution in [0.1, 0.15) is 54.2 Å². The van der Waals surface area contributed by atoms with Crippen LogP contribution >= 0.6 is 0 Å². The van der Waals surface area contributed by atoms with Gasteiger partial charge >= 0.3 is 0 Å². The number of rotatable bonds is 3. The molecule has 6 nitrogen and oxygen atoms in total. The third-order valence-electron chi connectivity index (χ3n) is 4.96. The molecule has 0 unspecified atom stereocenters. The first-order valence-corrected chi connectivity index (χ1v) is 8.48. The monoisotopic (exact) mass is 347 g/mol. The van der Waals surface area contributed by atoms with Gasteiger partial charge in [-0.1, -0.05) is 19.3 Å². The van der Waals surface area contributed by atoms with E-state index in [0.29, 0.717) is 5.69 Å². The van der Waals surface area contributed by atoms with Crippen molar-refractivity contribution >= 4 is 11.6 Å². The average molecular weight is 347 g/mol. The zero-order valence-corrected chi connectivity index (χ0v) is 14.4. The van der Waals surface area contributed by atoms with Gasteiger partial charge in [0.25, 0.3) is 11.5 Å². The van der Waals surface area contributed by atoms with Gasteiger partial charge in [0.05, 0.1) is 11.7 Å². The van der Waals surface area contributed by atoms with E-state index in [-0.39, 0.29) is 22.9 Å². The molecular formula is C18H22FN3O3. The van der Waals surface area contributed by atoms with E-state index in [1.165, 1.54) is 12.5 Å². The molecule has 0 atom stereocenters. The molecule has 1 aliphatic rings. The summed E-state index contributed by atoms with van der Waals surface area (Å²) in [5.74, 6) is -1.98. The Morgan fingerprint density at radius 2 is 1.96 bits per heavy atom. The summed E-state index contributed by atoms with van der Waals surface area (Å²) >= 11 is 0. The van der Waals surface area contributed by atoms with Crippen molar-refractivity contribution < 1.29 is 14.3 Å². The molecule has 2 aromatic rings. The quantitative estimate of drug-likeness (QED) is 0.896. The highest BCUT2D eigenvalue weighted by Crippen LogP contribution is 2.28. The van der Waals surface area contributed by atoms with E-state index in [2.05, 4.69) is 5.32 Å². The van der Waals surface area contributed by atoms with Crippen molar-refractivity contribution in [2.75, 3.05) is 5.32 Å². The van der Waals surface area contributed by atoms with Crippen molar-refractivity contribution in [3.8, 4) is 5.75 Å². The maximum absolute atomic E-state index is 13.4. The van der Waals surface area contributed by atoms with Gasteiger partial charge in [0.1, 0.15) is 5.69 Å². The SMILES string of the molecule is Cc1c(NC(=O)c2ccc(O)c(F)c2)c(=O)n(C2CCCCC2)n1C. The van der Waals surface area contributed by atoms with Crippen molar-refractivity contribution in [3.63, 3.8) is 0 Å². The molecule has 25 heavy (non-hydrogen) atoms. The van der Waals surface area contributed by atoms with Crippen molar-refractivity contribution in [2.24, 2.45) is 7.05 Å². The molecular weight excluding hydrogens is 325 g/mol. The lowest BCUT2D eigenvalue weighted by molar-refractivity contribution is 0.102. The number of aromatic nitrogens is 2. The highest BCUT2D eigenvalue weighted by atomic mass is 19.1. The van der Waals surface area contributed by atoms with Crippen LogP contribution in [0.5, 0.6) is 5.75 Å². The van der Waals surface area contributed by atoms with E-state index < -0.39 is 17.5 Å². The van der Waals surface area contributed by atoms with Crippen LogP contribution in [0.25, 0.3) is 0 Å². The summed E-state index contributed by atoms with van der Waals surface area (Å²) in [5.41, 5.74) is 0.677. The van der Waals surface area contributed by atoms with E-state index in [1.54, 1.807) is 23.3 Å². The molecule has 0 bridgehead atoms. The number of halogens is 1. The highest BCUT2D eigenvalue weighted by Gasteiger charge is 2.24. The predicted octanol–water partition coefficient (Wildman–Crippen LogP) is 3.10. The molecule has 1 heterocycles. The lowest BCUT2D eigenvalue weighted by Crippen LogP contribution is -2.29. The number of hydrogen-bond donors (Lipinski definition) is 2. The fourth-order valence-corrected chi connectivity index (χ4v) is 3.44. The van der Waals surface area contributed by atoms with Gasteiger partial charge in [-0.05, 0) is 38.0 Å². The number of phenols is 1. The summed E-state index contributed by atoms with van der Waals surface area (Å²) in [7, 11) is 1.81. The van der Waals surface area contributed by atoms with Gasteiger partial charge in [0.15, 0.2) is 11.6 Å². The number of nitrogens with zero attached hydrogens (tertiary/aromatic N) is 2. The van der Waals surface area contributed by atoms with Crippen LogP contribution < -0.4 is 10.9 Å². The maximum Gasteiger partial charge on any atom is 0.291 e.